The first-order valence-electron chi connectivity index (χ1n) is 3.52. The Morgan fingerprint density at radius 3 is 2.30 bits per heavy atom. The predicted molar refractivity (Wildman–Crippen MR) is 44.8 cm³/mol. The zero-order valence-electron chi connectivity index (χ0n) is 6.42. The summed E-state index contributed by atoms with van der Waals surface area (Å²) in [5, 5.41) is 0. The average Bonchev–Trinajstić information content (AvgIpc) is 1.95. The predicted octanol–water partition coefficient (Wildman–Crippen LogP) is 1.77. The van der Waals surface area contributed by atoms with E-state index in [1.165, 1.54) is 5.56 Å². The third kappa shape index (κ3) is 2.06. The van der Waals surface area contributed by atoms with Crippen LogP contribution in [-0.4, -0.2) is 15.6 Å². The van der Waals surface area contributed by atoms with E-state index < -0.39 is 0 Å². The van der Waals surface area contributed by atoms with Gasteiger partial charge in [0.25, 0.3) is 0 Å². The van der Waals surface area contributed by atoms with Gasteiger partial charge in [0.2, 0.25) is 0 Å². The zero-order chi connectivity index (χ0) is 7.40. The minimum Gasteiger partial charge on any atom is -0.645 e. The topological polar surface area (TPSA) is 9.23 Å². The number of rotatable bonds is 2. The van der Waals surface area contributed by atoms with Gasteiger partial charge in [0, 0.05) is 0 Å². The van der Waals surface area contributed by atoms with Gasteiger partial charge in [0.15, 0.2) is 0 Å². The zero-order valence-corrected chi connectivity index (χ0v) is 7.84. The van der Waals surface area contributed by atoms with Crippen molar-refractivity contribution in [2.45, 2.75) is 12.7 Å². The summed E-state index contributed by atoms with van der Waals surface area (Å²) >= 11 is -0.297. The quantitative estimate of drug-likeness (QED) is 0.584. The van der Waals surface area contributed by atoms with Gasteiger partial charge in [0.1, 0.15) is 0 Å². The third-order valence-corrected chi connectivity index (χ3v) is 1.95. The van der Waals surface area contributed by atoms with E-state index in [4.69, 9.17) is 3.79 Å². The van der Waals surface area contributed by atoms with Crippen molar-refractivity contribution in [3.63, 3.8) is 0 Å². The SMILES string of the molecule is [CH3][AlH][O]c1ccc(C)cc1. The van der Waals surface area contributed by atoms with Gasteiger partial charge in [-0.1, -0.05) is 23.5 Å². The van der Waals surface area contributed by atoms with Crippen molar-refractivity contribution in [3.05, 3.63) is 29.8 Å². The van der Waals surface area contributed by atoms with Crippen LogP contribution in [-0.2, 0) is 0 Å². The van der Waals surface area contributed by atoms with Crippen molar-refractivity contribution in [1.29, 1.82) is 0 Å². The van der Waals surface area contributed by atoms with Gasteiger partial charge in [-0.15, -0.1) is 0 Å². The van der Waals surface area contributed by atoms with Crippen LogP contribution in [0.4, 0.5) is 0 Å². The maximum Gasteiger partial charge on any atom is 0.518 e. The van der Waals surface area contributed by atoms with Crippen molar-refractivity contribution in [1.82, 2.24) is 0 Å². The van der Waals surface area contributed by atoms with E-state index in [2.05, 4.69) is 24.8 Å². The van der Waals surface area contributed by atoms with E-state index in [0.717, 1.165) is 5.75 Å². The van der Waals surface area contributed by atoms with Gasteiger partial charge in [0.05, 0.1) is 5.75 Å². The van der Waals surface area contributed by atoms with Gasteiger partial charge in [-0.2, -0.15) is 0 Å². The number of benzene rings is 1. The van der Waals surface area contributed by atoms with Gasteiger partial charge in [-0.05, 0) is 19.1 Å². The Kier molecular flexibility index (Phi) is 2.80. The van der Waals surface area contributed by atoms with Crippen LogP contribution in [0, 0.1) is 6.92 Å². The maximum absolute atomic E-state index is 5.40. The minimum absolute atomic E-state index is 0.297. The normalized spacial score (nSPS) is 9.00. The highest BCUT2D eigenvalue weighted by Crippen LogP contribution is 2.10. The molecular weight excluding hydrogens is 139 g/mol. The fourth-order valence-electron chi connectivity index (χ4n) is 0.801. The maximum atomic E-state index is 5.40. The highest BCUT2D eigenvalue weighted by molar-refractivity contribution is 6.26. The van der Waals surface area contributed by atoms with E-state index in [0.29, 0.717) is 0 Å². The Morgan fingerprint density at radius 1 is 1.20 bits per heavy atom. The first-order valence-corrected chi connectivity index (χ1v) is 5.51. The number of aryl methyl sites for hydroxylation is 1. The molecule has 0 atom stereocenters. The summed E-state index contributed by atoms with van der Waals surface area (Å²) in [5.41, 5.74) is 1.28. The lowest BCUT2D eigenvalue weighted by molar-refractivity contribution is 0.600. The molecule has 1 aromatic rings. The molecule has 0 aromatic heterocycles. The second kappa shape index (κ2) is 3.66. The van der Waals surface area contributed by atoms with Crippen LogP contribution in [0.1, 0.15) is 5.56 Å². The molecule has 0 aliphatic carbocycles. The van der Waals surface area contributed by atoms with E-state index in [1.54, 1.807) is 0 Å². The smallest absolute Gasteiger partial charge is 0.518 e. The Morgan fingerprint density at radius 2 is 1.80 bits per heavy atom. The van der Waals surface area contributed by atoms with Gasteiger partial charge < -0.3 is 3.79 Å². The fraction of sp³-hybridized carbons (Fsp3) is 0.250. The van der Waals surface area contributed by atoms with E-state index in [-0.39, 0.29) is 15.6 Å². The van der Waals surface area contributed by atoms with Crippen LogP contribution < -0.4 is 3.79 Å². The standard InChI is InChI=1S/C7H8O.CH3.Al.H/c1-6-2-4-7(8)5-3-6;;;/h2-5,8H,1H3;1H3;;/q;;+1;/p-1. The monoisotopic (exact) mass is 150 g/mol. The molecule has 2 heteroatoms. The molecule has 1 nitrogen and oxygen atoms in total. The first kappa shape index (κ1) is 7.66. The van der Waals surface area contributed by atoms with Gasteiger partial charge in [-0.25, -0.2) is 0 Å². The summed E-state index contributed by atoms with van der Waals surface area (Å²) < 4.78 is 5.40. The first-order chi connectivity index (χ1) is 4.83. The molecule has 0 spiro atoms. The summed E-state index contributed by atoms with van der Waals surface area (Å²) in [6, 6.07) is 8.18. The van der Waals surface area contributed by atoms with Crippen LogP contribution in [0.15, 0.2) is 24.3 Å². The molecule has 0 aliphatic rings. The van der Waals surface area contributed by atoms with Crippen molar-refractivity contribution in [2.75, 3.05) is 0 Å². The molecule has 52 valence electrons. The molecule has 0 saturated heterocycles. The van der Waals surface area contributed by atoms with E-state index in [1.807, 2.05) is 12.1 Å². The summed E-state index contributed by atoms with van der Waals surface area (Å²) in [5.74, 6) is 3.14. The molecule has 0 N–H and O–H groups in total. The minimum atomic E-state index is -0.297. The van der Waals surface area contributed by atoms with Gasteiger partial charge >= 0.3 is 15.6 Å². The Balaban J connectivity index is 2.69. The Hall–Kier alpha value is -0.448. The molecule has 1 aromatic carbocycles. The molecule has 0 heterocycles. The second-order valence-corrected chi connectivity index (χ2v) is 3.11. The third-order valence-electron chi connectivity index (χ3n) is 1.33. The molecule has 0 fully saturated rings. The van der Waals surface area contributed by atoms with Crippen LogP contribution in [0.5, 0.6) is 5.75 Å². The highest BCUT2D eigenvalue weighted by atomic mass is 27.1. The largest absolute Gasteiger partial charge is 0.645 e. The summed E-state index contributed by atoms with van der Waals surface area (Å²) in [6.45, 7) is 2.08. The molecule has 0 aliphatic heterocycles. The second-order valence-electron chi connectivity index (χ2n) is 2.25. The summed E-state index contributed by atoms with van der Waals surface area (Å²) in [4.78, 5) is 0. The van der Waals surface area contributed by atoms with Crippen molar-refractivity contribution in [3.8, 4) is 5.75 Å². The Labute approximate surface area is 68.1 Å². The molecule has 0 saturated carbocycles. The van der Waals surface area contributed by atoms with Crippen LogP contribution in [0.3, 0.4) is 0 Å². The number of hydrogen-bond acceptors (Lipinski definition) is 1. The molecule has 0 amide bonds. The van der Waals surface area contributed by atoms with Crippen molar-refractivity contribution >= 4 is 15.6 Å². The summed E-state index contributed by atoms with van der Waals surface area (Å²) in [6.07, 6.45) is 0. The lowest BCUT2D eigenvalue weighted by atomic mass is 10.2. The molecule has 0 radical (unpaired) electrons. The molecule has 0 bridgehead atoms. The van der Waals surface area contributed by atoms with Crippen molar-refractivity contribution < 1.29 is 3.79 Å². The average molecular weight is 150 g/mol. The van der Waals surface area contributed by atoms with E-state index >= 15 is 0 Å². The molecule has 0 unspecified atom stereocenters. The lowest BCUT2D eigenvalue weighted by Gasteiger charge is -2.02. The highest BCUT2D eigenvalue weighted by Gasteiger charge is 1.89. The Bertz CT molecular complexity index is 193. The van der Waals surface area contributed by atoms with Crippen LogP contribution in [0.25, 0.3) is 0 Å². The van der Waals surface area contributed by atoms with Gasteiger partial charge in [-0.3, -0.25) is 0 Å². The fourth-order valence-corrected chi connectivity index (χ4v) is 1.33. The molecule has 10 heavy (non-hydrogen) atoms. The number of hydrogen-bond donors (Lipinski definition) is 0. The molecule has 1 rings (SSSR count). The molecular formula is C8H11AlO. The van der Waals surface area contributed by atoms with Crippen LogP contribution >= 0.6 is 0 Å². The van der Waals surface area contributed by atoms with Crippen LogP contribution in [0.2, 0.25) is 5.79 Å². The lowest BCUT2D eigenvalue weighted by Crippen LogP contribution is -1.94. The van der Waals surface area contributed by atoms with Crippen molar-refractivity contribution in [2.24, 2.45) is 0 Å². The van der Waals surface area contributed by atoms with E-state index in [9.17, 15) is 0 Å². The summed E-state index contributed by atoms with van der Waals surface area (Å²) in [7, 11) is 0.